The molecule has 1 fully saturated rings. The third-order valence-corrected chi connectivity index (χ3v) is 4.04. The second-order valence-electron chi connectivity index (χ2n) is 5.17. The van der Waals surface area contributed by atoms with Crippen LogP contribution in [0.4, 0.5) is 5.69 Å². The number of fused-ring (bicyclic) bond motifs is 1. The Morgan fingerprint density at radius 3 is 2.90 bits per heavy atom. The highest BCUT2D eigenvalue weighted by molar-refractivity contribution is 6.06. The maximum Gasteiger partial charge on any atom is 0.252 e. The molecular formula is C14H19N5O. The van der Waals surface area contributed by atoms with Crippen molar-refractivity contribution in [1.82, 2.24) is 15.3 Å². The lowest BCUT2D eigenvalue weighted by Gasteiger charge is -2.34. The summed E-state index contributed by atoms with van der Waals surface area (Å²) >= 11 is 0. The molecule has 3 heterocycles. The molecule has 0 atom stereocenters. The summed E-state index contributed by atoms with van der Waals surface area (Å²) in [7, 11) is 1.99. The first-order valence-corrected chi connectivity index (χ1v) is 6.89. The summed E-state index contributed by atoms with van der Waals surface area (Å²) in [5.41, 5.74) is 7.71. The summed E-state index contributed by atoms with van der Waals surface area (Å²) in [6.07, 6.45) is 5.53. The van der Waals surface area contributed by atoms with Gasteiger partial charge in [-0.15, -0.1) is 0 Å². The molecule has 6 nitrogen and oxygen atoms in total. The molecule has 1 saturated heterocycles. The summed E-state index contributed by atoms with van der Waals surface area (Å²) in [5, 5.41) is 4.27. The number of primary amides is 1. The van der Waals surface area contributed by atoms with Gasteiger partial charge < -0.3 is 20.9 Å². The Morgan fingerprint density at radius 1 is 1.50 bits per heavy atom. The van der Waals surface area contributed by atoms with Crippen LogP contribution in [-0.2, 0) is 0 Å². The predicted molar refractivity (Wildman–Crippen MR) is 78.9 cm³/mol. The monoisotopic (exact) mass is 273 g/mol. The largest absolute Gasteiger partial charge is 0.370 e. The molecule has 1 aliphatic rings. The van der Waals surface area contributed by atoms with Crippen molar-refractivity contribution in [2.75, 3.05) is 25.0 Å². The number of carbonyl (C=O) groups is 1. The normalized spacial score (nSPS) is 16.8. The van der Waals surface area contributed by atoms with E-state index < -0.39 is 5.91 Å². The minimum atomic E-state index is -0.425. The topological polar surface area (TPSA) is 87.0 Å². The summed E-state index contributed by atoms with van der Waals surface area (Å²) in [6, 6.07) is 2.50. The first-order valence-electron chi connectivity index (χ1n) is 6.89. The zero-order valence-corrected chi connectivity index (χ0v) is 11.5. The first kappa shape index (κ1) is 12.9. The molecule has 4 N–H and O–H groups in total. The number of nitrogens with zero attached hydrogens (tertiary/aromatic N) is 2. The van der Waals surface area contributed by atoms with Crippen LogP contribution in [0.1, 0.15) is 23.2 Å². The number of rotatable bonds is 3. The van der Waals surface area contributed by atoms with Gasteiger partial charge in [-0.05, 0) is 26.0 Å². The Kier molecular flexibility index (Phi) is 3.31. The first-order chi connectivity index (χ1) is 9.70. The Hall–Kier alpha value is -2.08. The number of hydrogen-bond acceptors (Lipinski definition) is 4. The number of nitrogens with one attached hydrogen (secondary N) is 2. The summed E-state index contributed by atoms with van der Waals surface area (Å²) < 4.78 is 0. The van der Waals surface area contributed by atoms with Crippen molar-refractivity contribution in [3.8, 4) is 0 Å². The summed E-state index contributed by atoms with van der Waals surface area (Å²) in [4.78, 5) is 21.3. The van der Waals surface area contributed by atoms with E-state index >= 15 is 0 Å². The van der Waals surface area contributed by atoms with Crippen LogP contribution in [-0.4, -0.2) is 42.1 Å². The standard InChI is InChI=1S/C14H19N5O/c1-16-9-3-6-19(7-4-9)12-10-2-5-17-14(10)18-8-11(12)13(15)20/h2,5,8-9,16H,3-4,6-7H2,1H3,(H2,15,20)(H,17,18). The van der Waals surface area contributed by atoms with Gasteiger partial charge in [0.05, 0.1) is 11.3 Å². The Morgan fingerprint density at radius 2 is 2.25 bits per heavy atom. The summed E-state index contributed by atoms with van der Waals surface area (Å²) in [6.45, 7) is 1.83. The van der Waals surface area contributed by atoms with Crippen LogP contribution < -0.4 is 16.0 Å². The smallest absolute Gasteiger partial charge is 0.252 e. The number of hydrogen-bond donors (Lipinski definition) is 3. The molecule has 6 heteroatoms. The van der Waals surface area contributed by atoms with E-state index in [1.807, 2.05) is 19.3 Å². The SMILES string of the molecule is CNC1CCN(c2c(C(N)=O)cnc3[nH]ccc23)CC1. The van der Waals surface area contributed by atoms with Crippen LogP contribution in [0.3, 0.4) is 0 Å². The number of aromatic amines is 1. The molecule has 1 aliphatic heterocycles. The Balaban J connectivity index is 2.02. The average Bonchev–Trinajstić information content (AvgIpc) is 2.94. The van der Waals surface area contributed by atoms with Crippen molar-refractivity contribution in [3.63, 3.8) is 0 Å². The molecule has 0 bridgehead atoms. The van der Waals surface area contributed by atoms with Gasteiger partial charge in [0.25, 0.3) is 5.91 Å². The van der Waals surface area contributed by atoms with E-state index in [9.17, 15) is 4.79 Å². The van der Waals surface area contributed by atoms with Gasteiger partial charge in [-0.2, -0.15) is 0 Å². The van der Waals surface area contributed by atoms with Crippen LogP contribution in [0.5, 0.6) is 0 Å². The molecule has 3 rings (SSSR count). The second-order valence-corrected chi connectivity index (χ2v) is 5.17. The molecule has 0 unspecified atom stereocenters. The molecule has 106 valence electrons. The van der Waals surface area contributed by atoms with Gasteiger partial charge in [0, 0.05) is 36.9 Å². The number of carbonyl (C=O) groups excluding carboxylic acids is 1. The van der Waals surface area contributed by atoms with E-state index in [4.69, 9.17) is 5.73 Å². The number of H-pyrrole nitrogens is 1. The fourth-order valence-corrected chi connectivity index (χ4v) is 2.91. The van der Waals surface area contributed by atoms with Crippen molar-refractivity contribution < 1.29 is 4.79 Å². The number of nitrogens with two attached hydrogens (primary N) is 1. The van der Waals surface area contributed by atoms with Crippen molar-refractivity contribution in [3.05, 3.63) is 24.0 Å². The van der Waals surface area contributed by atoms with Crippen molar-refractivity contribution in [2.24, 2.45) is 5.73 Å². The Labute approximate surface area is 117 Å². The maximum absolute atomic E-state index is 11.7. The number of piperidine rings is 1. The molecule has 20 heavy (non-hydrogen) atoms. The lowest BCUT2D eigenvalue weighted by molar-refractivity contribution is 0.100. The van der Waals surface area contributed by atoms with Gasteiger partial charge >= 0.3 is 0 Å². The van der Waals surface area contributed by atoms with Crippen LogP contribution in [0.25, 0.3) is 11.0 Å². The molecular weight excluding hydrogens is 254 g/mol. The highest BCUT2D eigenvalue weighted by atomic mass is 16.1. The highest BCUT2D eigenvalue weighted by Gasteiger charge is 2.24. The molecule has 2 aromatic heterocycles. The van der Waals surface area contributed by atoms with E-state index in [1.54, 1.807) is 6.20 Å². The quantitative estimate of drug-likeness (QED) is 0.773. The van der Waals surface area contributed by atoms with E-state index in [0.717, 1.165) is 42.7 Å². The lowest BCUT2D eigenvalue weighted by atomic mass is 10.0. The number of anilines is 1. The lowest BCUT2D eigenvalue weighted by Crippen LogP contribution is -2.42. The average molecular weight is 273 g/mol. The zero-order valence-electron chi connectivity index (χ0n) is 11.5. The predicted octanol–water partition coefficient (Wildman–Crippen LogP) is 0.850. The molecule has 0 radical (unpaired) electrons. The van der Waals surface area contributed by atoms with Crippen molar-refractivity contribution >= 4 is 22.6 Å². The van der Waals surface area contributed by atoms with Crippen molar-refractivity contribution in [2.45, 2.75) is 18.9 Å². The van der Waals surface area contributed by atoms with Gasteiger partial charge in [0.1, 0.15) is 5.65 Å². The number of pyridine rings is 1. The second kappa shape index (κ2) is 5.13. The fraction of sp³-hybridized carbons (Fsp3) is 0.429. The zero-order chi connectivity index (χ0) is 14.1. The molecule has 0 aromatic carbocycles. The third kappa shape index (κ3) is 2.12. The maximum atomic E-state index is 11.7. The van der Waals surface area contributed by atoms with E-state index in [2.05, 4.69) is 20.2 Å². The van der Waals surface area contributed by atoms with Crippen molar-refractivity contribution in [1.29, 1.82) is 0 Å². The van der Waals surface area contributed by atoms with E-state index in [0.29, 0.717) is 11.6 Å². The van der Waals surface area contributed by atoms with Gasteiger partial charge in [0.2, 0.25) is 0 Å². The molecule has 0 spiro atoms. The molecule has 0 saturated carbocycles. The van der Waals surface area contributed by atoms with E-state index in [1.165, 1.54) is 0 Å². The van der Waals surface area contributed by atoms with Gasteiger partial charge in [0.15, 0.2) is 0 Å². The molecule has 0 aliphatic carbocycles. The van der Waals surface area contributed by atoms with Crippen LogP contribution >= 0.6 is 0 Å². The fourth-order valence-electron chi connectivity index (χ4n) is 2.91. The van der Waals surface area contributed by atoms with E-state index in [-0.39, 0.29) is 0 Å². The van der Waals surface area contributed by atoms with Crippen LogP contribution in [0.2, 0.25) is 0 Å². The molecule has 1 amide bonds. The highest BCUT2D eigenvalue weighted by Crippen LogP contribution is 2.31. The van der Waals surface area contributed by atoms with Crippen LogP contribution in [0.15, 0.2) is 18.5 Å². The summed E-state index contributed by atoms with van der Waals surface area (Å²) in [5.74, 6) is -0.425. The number of aromatic nitrogens is 2. The number of amides is 1. The van der Waals surface area contributed by atoms with Crippen LogP contribution in [0, 0.1) is 0 Å². The van der Waals surface area contributed by atoms with Gasteiger partial charge in [-0.25, -0.2) is 4.98 Å². The third-order valence-electron chi connectivity index (χ3n) is 4.04. The minimum Gasteiger partial charge on any atom is -0.370 e. The van der Waals surface area contributed by atoms with Gasteiger partial charge in [-0.1, -0.05) is 0 Å². The minimum absolute atomic E-state index is 0.425. The molecule has 2 aromatic rings. The Bertz CT molecular complexity index is 628. The van der Waals surface area contributed by atoms with Gasteiger partial charge in [-0.3, -0.25) is 4.79 Å².